The van der Waals surface area contributed by atoms with Crippen LogP contribution in [0.1, 0.15) is 11.3 Å². The molecule has 6 nitrogen and oxygen atoms in total. The van der Waals surface area contributed by atoms with Crippen LogP contribution in [0.2, 0.25) is 0 Å². The van der Waals surface area contributed by atoms with E-state index in [4.69, 9.17) is 0 Å². The van der Waals surface area contributed by atoms with Gasteiger partial charge in [0.15, 0.2) is 5.65 Å². The van der Waals surface area contributed by atoms with Gasteiger partial charge in [-0.25, -0.2) is 9.97 Å². The van der Waals surface area contributed by atoms with Crippen molar-refractivity contribution < 1.29 is 18.0 Å². The van der Waals surface area contributed by atoms with Crippen LogP contribution in [0.4, 0.5) is 13.2 Å². The first kappa shape index (κ1) is 20.5. The Balaban J connectivity index is 1.83. The summed E-state index contributed by atoms with van der Waals surface area (Å²) in [6, 6.07) is 4.76. The number of carbonyl (C=O) groups is 1. The molecule has 0 fully saturated rings. The van der Waals surface area contributed by atoms with Crippen molar-refractivity contribution in [2.24, 2.45) is 0 Å². The van der Waals surface area contributed by atoms with Gasteiger partial charge < -0.3 is 14.6 Å². The van der Waals surface area contributed by atoms with E-state index in [1.807, 2.05) is 19.0 Å². The molecule has 2 heterocycles. The number of benzene rings is 1. The number of imidazole rings is 1. The average molecular weight is 403 g/mol. The SMILES string of the molecule is CN(C)C/C=C/C(=O)NCc1cn2ccnc2c(-c2ccc(C(F)(F)F)cc2)n1. The number of nitrogens with one attached hydrogen (secondary N) is 1. The van der Waals surface area contributed by atoms with Crippen LogP contribution in [0.15, 0.2) is 55.0 Å². The molecule has 0 saturated heterocycles. The summed E-state index contributed by atoms with van der Waals surface area (Å²) in [6.45, 7) is 0.817. The molecule has 29 heavy (non-hydrogen) atoms. The van der Waals surface area contributed by atoms with Gasteiger partial charge in [0.1, 0.15) is 5.69 Å². The van der Waals surface area contributed by atoms with Crippen molar-refractivity contribution in [3.8, 4) is 11.3 Å². The molecule has 3 rings (SSSR count). The molecule has 152 valence electrons. The lowest BCUT2D eigenvalue weighted by Crippen LogP contribution is -2.22. The summed E-state index contributed by atoms with van der Waals surface area (Å²) in [7, 11) is 3.80. The number of amides is 1. The van der Waals surface area contributed by atoms with Gasteiger partial charge in [0.2, 0.25) is 5.91 Å². The molecule has 3 aromatic rings. The van der Waals surface area contributed by atoms with Gasteiger partial charge >= 0.3 is 6.18 Å². The summed E-state index contributed by atoms with van der Waals surface area (Å²) in [5, 5.41) is 2.75. The van der Waals surface area contributed by atoms with Gasteiger partial charge in [-0.05, 0) is 26.2 Å². The number of rotatable bonds is 6. The minimum absolute atomic E-state index is 0.174. The minimum Gasteiger partial charge on any atom is -0.347 e. The van der Waals surface area contributed by atoms with Crippen molar-refractivity contribution in [1.82, 2.24) is 24.6 Å². The zero-order valence-corrected chi connectivity index (χ0v) is 15.9. The van der Waals surface area contributed by atoms with Crippen LogP contribution in [0.5, 0.6) is 0 Å². The second-order valence-corrected chi connectivity index (χ2v) is 6.70. The van der Waals surface area contributed by atoms with E-state index in [0.29, 0.717) is 29.1 Å². The van der Waals surface area contributed by atoms with Gasteiger partial charge in [0.25, 0.3) is 0 Å². The van der Waals surface area contributed by atoms with Crippen LogP contribution in [0.3, 0.4) is 0 Å². The topological polar surface area (TPSA) is 62.5 Å². The normalized spacial score (nSPS) is 12.2. The molecule has 0 bridgehead atoms. The van der Waals surface area contributed by atoms with Crippen LogP contribution in [0.25, 0.3) is 16.9 Å². The standard InChI is InChI=1S/C20H20F3N5O/c1-27(2)10-3-4-17(29)25-12-16-13-28-11-9-24-19(28)18(26-16)14-5-7-15(8-6-14)20(21,22)23/h3-9,11,13H,10,12H2,1-2H3,(H,25,29)/b4-3+. The highest BCUT2D eigenvalue weighted by molar-refractivity contribution is 5.87. The molecular weight excluding hydrogens is 383 g/mol. The van der Waals surface area contributed by atoms with Gasteiger partial charge in [-0.1, -0.05) is 18.2 Å². The maximum Gasteiger partial charge on any atom is 0.416 e. The summed E-state index contributed by atoms with van der Waals surface area (Å²) in [5.74, 6) is -0.254. The minimum atomic E-state index is -4.40. The fraction of sp³-hybridized carbons (Fsp3) is 0.250. The molecule has 0 unspecified atom stereocenters. The fourth-order valence-corrected chi connectivity index (χ4v) is 2.69. The first-order valence-electron chi connectivity index (χ1n) is 8.83. The van der Waals surface area contributed by atoms with Gasteiger partial charge in [-0.15, -0.1) is 0 Å². The quantitative estimate of drug-likeness (QED) is 0.643. The van der Waals surface area contributed by atoms with Crippen LogP contribution in [0, 0.1) is 0 Å². The molecule has 0 saturated carbocycles. The highest BCUT2D eigenvalue weighted by Gasteiger charge is 2.30. The Morgan fingerprint density at radius 1 is 1.24 bits per heavy atom. The van der Waals surface area contributed by atoms with Crippen molar-refractivity contribution >= 4 is 11.6 Å². The number of hydrogen-bond donors (Lipinski definition) is 1. The summed E-state index contributed by atoms with van der Waals surface area (Å²) < 4.78 is 40.2. The third-order valence-corrected chi connectivity index (χ3v) is 4.09. The molecule has 1 aromatic carbocycles. The zero-order chi connectivity index (χ0) is 21.0. The molecule has 0 spiro atoms. The number of nitrogens with zero attached hydrogens (tertiary/aromatic N) is 4. The van der Waals surface area contributed by atoms with Gasteiger partial charge in [-0.2, -0.15) is 13.2 Å². The van der Waals surface area contributed by atoms with E-state index >= 15 is 0 Å². The van der Waals surface area contributed by atoms with Crippen LogP contribution < -0.4 is 5.32 Å². The first-order valence-corrected chi connectivity index (χ1v) is 8.83. The summed E-state index contributed by atoms with van der Waals surface area (Å²) in [6.07, 6.45) is 3.81. The maximum atomic E-state index is 12.8. The molecule has 0 aliphatic carbocycles. The predicted molar refractivity (Wildman–Crippen MR) is 103 cm³/mol. The molecule has 1 amide bonds. The zero-order valence-electron chi connectivity index (χ0n) is 15.9. The van der Waals surface area contributed by atoms with Gasteiger partial charge in [0, 0.05) is 36.8 Å². The monoisotopic (exact) mass is 403 g/mol. The van der Waals surface area contributed by atoms with Gasteiger partial charge in [0.05, 0.1) is 17.8 Å². The molecule has 0 radical (unpaired) electrons. The Kier molecular flexibility index (Phi) is 5.97. The molecular formula is C20H20F3N5O. The number of fused-ring (bicyclic) bond motifs is 1. The van der Waals surface area contributed by atoms with E-state index in [1.54, 1.807) is 29.1 Å². The van der Waals surface area contributed by atoms with E-state index in [0.717, 1.165) is 12.1 Å². The van der Waals surface area contributed by atoms with Crippen LogP contribution in [-0.4, -0.2) is 45.8 Å². The second-order valence-electron chi connectivity index (χ2n) is 6.70. The third kappa shape index (κ3) is 5.20. The number of carbonyl (C=O) groups excluding carboxylic acids is 1. The Morgan fingerprint density at radius 3 is 2.62 bits per heavy atom. The van der Waals surface area contributed by atoms with E-state index in [1.165, 1.54) is 18.2 Å². The summed E-state index contributed by atoms with van der Waals surface area (Å²) >= 11 is 0. The van der Waals surface area contributed by atoms with E-state index in [2.05, 4.69) is 15.3 Å². The highest BCUT2D eigenvalue weighted by Crippen LogP contribution is 2.31. The third-order valence-electron chi connectivity index (χ3n) is 4.09. The summed E-state index contributed by atoms with van der Waals surface area (Å²) in [4.78, 5) is 22.6. The second kappa shape index (κ2) is 8.44. The number of aromatic nitrogens is 3. The largest absolute Gasteiger partial charge is 0.416 e. The number of hydrogen-bond acceptors (Lipinski definition) is 4. The fourth-order valence-electron chi connectivity index (χ4n) is 2.69. The molecule has 9 heteroatoms. The van der Waals surface area contributed by atoms with Crippen molar-refractivity contribution in [3.05, 3.63) is 66.3 Å². The van der Waals surface area contributed by atoms with Crippen molar-refractivity contribution in [1.29, 1.82) is 0 Å². The molecule has 0 atom stereocenters. The predicted octanol–water partition coefficient (Wildman–Crippen LogP) is 3.15. The lowest BCUT2D eigenvalue weighted by Gasteiger charge is -2.10. The number of likely N-dealkylation sites (N-methyl/N-ethyl adjacent to an activating group) is 1. The van der Waals surface area contributed by atoms with E-state index < -0.39 is 11.7 Å². The average Bonchev–Trinajstić information content (AvgIpc) is 3.13. The molecule has 0 aliphatic heterocycles. The van der Waals surface area contributed by atoms with Crippen molar-refractivity contribution in [2.75, 3.05) is 20.6 Å². The Morgan fingerprint density at radius 2 is 1.97 bits per heavy atom. The van der Waals surface area contributed by atoms with Crippen LogP contribution >= 0.6 is 0 Å². The molecule has 2 aromatic heterocycles. The van der Waals surface area contributed by atoms with E-state index in [9.17, 15) is 18.0 Å². The molecule has 1 N–H and O–H groups in total. The van der Waals surface area contributed by atoms with Crippen molar-refractivity contribution in [2.45, 2.75) is 12.7 Å². The number of halogens is 3. The smallest absolute Gasteiger partial charge is 0.347 e. The molecule has 0 aliphatic rings. The lowest BCUT2D eigenvalue weighted by atomic mass is 10.1. The van der Waals surface area contributed by atoms with E-state index in [-0.39, 0.29) is 12.5 Å². The Labute approximate surface area is 165 Å². The summed E-state index contributed by atoms with van der Waals surface area (Å²) in [5.41, 5.74) is 1.30. The number of alkyl halides is 3. The Bertz CT molecular complexity index is 1020. The highest BCUT2D eigenvalue weighted by atomic mass is 19.4. The first-order chi connectivity index (χ1) is 13.7. The van der Waals surface area contributed by atoms with Crippen LogP contribution in [-0.2, 0) is 17.5 Å². The van der Waals surface area contributed by atoms with Gasteiger partial charge in [-0.3, -0.25) is 4.79 Å². The Hall–Kier alpha value is -3.20. The maximum absolute atomic E-state index is 12.8. The lowest BCUT2D eigenvalue weighted by molar-refractivity contribution is -0.137. The van der Waals surface area contributed by atoms with Crippen molar-refractivity contribution in [3.63, 3.8) is 0 Å².